The maximum atomic E-state index is 12.4. The summed E-state index contributed by atoms with van der Waals surface area (Å²) in [7, 11) is 0. The van der Waals surface area contributed by atoms with Crippen LogP contribution in [0.15, 0.2) is 36.8 Å². The van der Waals surface area contributed by atoms with Crippen LogP contribution in [-0.4, -0.2) is 20.3 Å². The summed E-state index contributed by atoms with van der Waals surface area (Å²) in [6.45, 7) is 4.46. The number of benzene rings is 1. The van der Waals surface area contributed by atoms with Gasteiger partial charge in [-0.25, -0.2) is 9.97 Å². The predicted molar refractivity (Wildman–Crippen MR) is 92.4 cm³/mol. The minimum Gasteiger partial charge on any atom is -0.333 e. The van der Waals surface area contributed by atoms with Crippen molar-refractivity contribution in [3.05, 3.63) is 68.6 Å². The van der Waals surface area contributed by atoms with Gasteiger partial charge in [0.1, 0.15) is 0 Å². The lowest BCUT2D eigenvalue weighted by Crippen LogP contribution is -2.03. The number of thiazole rings is 1. The number of ketones is 1. The lowest BCUT2D eigenvalue weighted by molar-refractivity contribution is 0.0995. The Morgan fingerprint density at radius 1 is 1.35 bits per heavy atom. The molecule has 118 valence electrons. The van der Waals surface area contributed by atoms with Crippen molar-refractivity contribution in [3.8, 4) is 0 Å². The van der Waals surface area contributed by atoms with E-state index in [0.717, 1.165) is 26.8 Å². The average molecular weight is 346 g/mol. The molecule has 2 aromatic heterocycles. The van der Waals surface area contributed by atoms with Crippen molar-refractivity contribution in [2.24, 2.45) is 0 Å². The smallest absolute Gasteiger partial charge is 0.180 e. The molecule has 23 heavy (non-hydrogen) atoms. The first-order valence-electron chi connectivity index (χ1n) is 7.23. The van der Waals surface area contributed by atoms with Gasteiger partial charge in [-0.05, 0) is 31.5 Å². The van der Waals surface area contributed by atoms with Crippen LogP contribution >= 0.6 is 22.9 Å². The summed E-state index contributed by atoms with van der Waals surface area (Å²) < 4.78 is 1.96. The van der Waals surface area contributed by atoms with Crippen LogP contribution < -0.4 is 0 Å². The van der Waals surface area contributed by atoms with Crippen LogP contribution in [0.1, 0.15) is 31.6 Å². The molecule has 0 aliphatic rings. The molecule has 0 saturated heterocycles. The predicted octanol–water partition coefficient (Wildman–Crippen LogP) is 4.08. The van der Waals surface area contributed by atoms with Crippen LogP contribution in [0.25, 0.3) is 0 Å². The summed E-state index contributed by atoms with van der Waals surface area (Å²) in [5.41, 5.74) is 2.67. The van der Waals surface area contributed by atoms with Gasteiger partial charge >= 0.3 is 0 Å². The van der Waals surface area contributed by atoms with E-state index in [4.69, 9.17) is 11.6 Å². The van der Waals surface area contributed by atoms with Crippen LogP contribution in [0.2, 0.25) is 5.02 Å². The zero-order valence-electron chi connectivity index (χ0n) is 12.9. The Bertz CT molecular complexity index is 853. The first kappa shape index (κ1) is 15.9. The number of halogens is 1. The monoisotopic (exact) mass is 345 g/mol. The highest BCUT2D eigenvalue weighted by atomic mass is 35.5. The molecule has 0 unspecified atom stereocenters. The average Bonchev–Trinajstić information content (AvgIpc) is 3.05. The lowest BCUT2D eigenvalue weighted by atomic mass is 10.2. The van der Waals surface area contributed by atoms with Crippen LogP contribution in [0, 0.1) is 13.8 Å². The SMILES string of the molecule is Cc1nc(C)c(C(=O)Cc2cn(Cc3cccc(Cl)c3)cn2)s1. The number of Topliss-reactive ketones (excluding diaryl/α,β-unsaturated/α-hetero) is 1. The van der Waals surface area contributed by atoms with Crippen LogP contribution in [-0.2, 0) is 13.0 Å². The molecular formula is C17H16ClN3OS. The van der Waals surface area contributed by atoms with E-state index in [9.17, 15) is 4.79 Å². The number of imidazole rings is 1. The molecule has 0 amide bonds. The fourth-order valence-electron chi connectivity index (χ4n) is 2.47. The van der Waals surface area contributed by atoms with Crippen molar-refractivity contribution in [2.75, 3.05) is 0 Å². The third kappa shape index (κ3) is 3.86. The van der Waals surface area contributed by atoms with Gasteiger partial charge < -0.3 is 4.57 Å². The maximum Gasteiger partial charge on any atom is 0.180 e. The summed E-state index contributed by atoms with van der Waals surface area (Å²) >= 11 is 7.44. The zero-order chi connectivity index (χ0) is 16.4. The molecule has 4 nitrogen and oxygen atoms in total. The van der Waals surface area contributed by atoms with Crippen molar-refractivity contribution in [1.29, 1.82) is 0 Å². The molecule has 0 saturated carbocycles. The van der Waals surface area contributed by atoms with E-state index >= 15 is 0 Å². The molecule has 0 radical (unpaired) electrons. The topological polar surface area (TPSA) is 47.8 Å². The zero-order valence-corrected chi connectivity index (χ0v) is 14.5. The number of nitrogens with zero attached hydrogens (tertiary/aromatic N) is 3. The number of rotatable bonds is 5. The Kier molecular flexibility index (Phi) is 4.59. The minimum absolute atomic E-state index is 0.0705. The van der Waals surface area contributed by atoms with Crippen LogP contribution in [0.5, 0.6) is 0 Å². The van der Waals surface area contributed by atoms with Crippen LogP contribution in [0.3, 0.4) is 0 Å². The molecule has 3 aromatic rings. The van der Waals surface area contributed by atoms with E-state index in [1.165, 1.54) is 11.3 Å². The van der Waals surface area contributed by atoms with Gasteiger partial charge in [-0.3, -0.25) is 4.79 Å². The first-order chi connectivity index (χ1) is 11.0. The summed E-state index contributed by atoms with van der Waals surface area (Å²) in [6, 6.07) is 7.71. The Morgan fingerprint density at radius 2 is 2.17 bits per heavy atom. The normalized spacial score (nSPS) is 10.9. The van der Waals surface area contributed by atoms with Gasteiger partial charge in [0.15, 0.2) is 5.78 Å². The third-order valence-corrected chi connectivity index (χ3v) is 4.79. The second-order valence-corrected chi connectivity index (χ2v) is 7.05. The van der Waals surface area contributed by atoms with E-state index in [1.807, 2.05) is 48.9 Å². The van der Waals surface area contributed by atoms with Gasteiger partial charge in [0.05, 0.1) is 34.0 Å². The van der Waals surface area contributed by atoms with E-state index in [1.54, 1.807) is 6.33 Å². The van der Waals surface area contributed by atoms with Crippen LogP contribution in [0.4, 0.5) is 0 Å². The fraction of sp³-hybridized carbons (Fsp3) is 0.235. The van der Waals surface area contributed by atoms with Gasteiger partial charge in [-0.2, -0.15) is 0 Å². The highest BCUT2D eigenvalue weighted by Crippen LogP contribution is 2.19. The summed E-state index contributed by atoms with van der Waals surface area (Å²) in [5, 5.41) is 1.63. The maximum absolute atomic E-state index is 12.4. The first-order valence-corrected chi connectivity index (χ1v) is 8.43. The van der Waals surface area contributed by atoms with Crippen molar-refractivity contribution in [3.63, 3.8) is 0 Å². The number of carbonyl (C=O) groups is 1. The fourth-order valence-corrected chi connectivity index (χ4v) is 3.54. The minimum atomic E-state index is 0.0705. The van der Waals surface area contributed by atoms with Crippen molar-refractivity contribution in [2.45, 2.75) is 26.8 Å². The summed E-state index contributed by atoms with van der Waals surface area (Å²) in [4.78, 5) is 21.7. The molecule has 3 rings (SSSR count). The highest BCUT2D eigenvalue weighted by Gasteiger charge is 2.15. The second-order valence-electron chi connectivity index (χ2n) is 5.41. The Hall–Kier alpha value is -1.98. The largest absolute Gasteiger partial charge is 0.333 e. The van der Waals surface area contributed by atoms with Crippen molar-refractivity contribution < 1.29 is 4.79 Å². The molecular weight excluding hydrogens is 330 g/mol. The van der Waals surface area contributed by atoms with Crippen molar-refractivity contribution >= 4 is 28.7 Å². The molecule has 0 bridgehead atoms. The molecule has 0 aliphatic carbocycles. The van der Waals surface area contributed by atoms with E-state index in [0.29, 0.717) is 18.0 Å². The molecule has 0 N–H and O–H groups in total. The van der Waals surface area contributed by atoms with E-state index < -0.39 is 0 Å². The van der Waals surface area contributed by atoms with Crippen molar-refractivity contribution in [1.82, 2.24) is 14.5 Å². The number of aromatic nitrogens is 3. The van der Waals surface area contributed by atoms with Gasteiger partial charge in [-0.1, -0.05) is 23.7 Å². The number of hydrogen-bond acceptors (Lipinski definition) is 4. The Labute approximate surface area is 143 Å². The number of carbonyl (C=O) groups excluding carboxylic acids is 1. The Balaban J connectivity index is 1.70. The van der Waals surface area contributed by atoms with E-state index in [-0.39, 0.29) is 5.78 Å². The third-order valence-electron chi connectivity index (χ3n) is 3.44. The second kappa shape index (κ2) is 6.64. The molecule has 0 fully saturated rings. The van der Waals surface area contributed by atoms with Gasteiger partial charge in [0, 0.05) is 17.8 Å². The number of hydrogen-bond donors (Lipinski definition) is 0. The summed E-state index contributed by atoms with van der Waals surface area (Å²) in [6.07, 6.45) is 3.95. The molecule has 6 heteroatoms. The number of aryl methyl sites for hydroxylation is 2. The van der Waals surface area contributed by atoms with Gasteiger partial charge in [0.25, 0.3) is 0 Å². The molecule has 0 spiro atoms. The summed E-state index contributed by atoms with van der Waals surface area (Å²) in [5.74, 6) is 0.0705. The van der Waals surface area contributed by atoms with Gasteiger partial charge in [0.2, 0.25) is 0 Å². The highest BCUT2D eigenvalue weighted by molar-refractivity contribution is 7.13. The molecule has 0 aliphatic heterocycles. The van der Waals surface area contributed by atoms with E-state index in [2.05, 4.69) is 9.97 Å². The molecule has 1 aromatic carbocycles. The standard InChI is InChI=1S/C17H16ClN3OS/c1-11-17(23-12(2)20-11)16(22)7-15-9-21(10-19-15)8-13-4-3-5-14(18)6-13/h3-6,9-10H,7-8H2,1-2H3. The molecule has 0 atom stereocenters. The quantitative estimate of drug-likeness (QED) is 0.654. The lowest BCUT2D eigenvalue weighted by Gasteiger charge is -2.02. The Morgan fingerprint density at radius 3 is 2.87 bits per heavy atom. The molecule has 2 heterocycles. The van der Waals surface area contributed by atoms with Gasteiger partial charge in [-0.15, -0.1) is 11.3 Å².